The third kappa shape index (κ3) is 2.47. The Labute approximate surface area is 96.4 Å². The summed E-state index contributed by atoms with van der Waals surface area (Å²) >= 11 is 0. The van der Waals surface area contributed by atoms with E-state index in [-0.39, 0.29) is 12.4 Å². The number of hydrogen-bond acceptors (Lipinski definition) is 3. The first-order valence-electron chi connectivity index (χ1n) is 4.68. The summed E-state index contributed by atoms with van der Waals surface area (Å²) < 4.78 is 10.5. The number of H-pyrrole nitrogens is 1. The van der Waals surface area contributed by atoms with Crippen molar-refractivity contribution < 1.29 is 19.4 Å². The van der Waals surface area contributed by atoms with Gasteiger partial charge >= 0.3 is 14.1 Å². The summed E-state index contributed by atoms with van der Waals surface area (Å²) in [4.78, 5) is 26.0. The van der Waals surface area contributed by atoms with E-state index < -0.39 is 14.1 Å². The number of carboxylic acid groups (broad SMARTS) is 1. The number of nitrogens with zero attached hydrogens (tertiary/aromatic N) is 1. The van der Waals surface area contributed by atoms with Gasteiger partial charge in [0.1, 0.15) is 0 Å². The van der Waals surface area contributed by atoms with Gasteiger partial charge in [0.05, 0.1) is 17.6 Å². The second-order valence-corrected chi connectivity index (χ2v) is 4.17. The lowest BCUT2D eigenvalue weighted by Gasteiger charge is -1.96. The summed E-state index contributed by atoms with van der Waals surface area (Å²) in [5.74, 6) is -1.30. The number of rotatable bonds is 4. The predicted molar refractivity (Wildman–Crippen MR) is 59.7 cm³/mol. The lowest BCUT2D eigenvalue weighted by atomic mass is 10.2. The van der Waals surface area contributed by atoms with Gasteiger partial charge in [-0.15, -0.1) is 4.89 Å². The topological polar surface area (TPSA) is 115 Å². The number of aromatic nitrogens is 2. The van der Waals surface area contributed by atoms with E-state index in [0.29, 0.717) is 16.6 Å². The number of carbonyl (C=O) groups is 1. The van der Waals surface area contributed by atoms with Gasteiger partial charge in [0, 0.05) is 0 Å². The van der Waals surface area contributed by atoms with Crippen LogP contribution in [-0.4, -0.2) is 25.9 Å². The molecule has 7 nitrogen and oxygen atoms in total. The fraction of sp³-hybridized carbons (Fsp3) is 0.111. The minimum Gasteiger partial charge on any atom is -0.475 e. The molecule has 2 rings (SSSR count). The van der Waals surface area contributed by atoms with Gasteiger partial charge in [0.2, 0.25) is 5.82 Å². The van der Waals surface area contributed by atoms with Crippen LogP contribution in [0.15, 0.2) is 18.2 Å². The number of aromatic amines is 1. The smallest absolute Gasteiger partial charge is 0.475 e. The van der Waals surface area contributed by atoms with Crippen LogP contribution >= 0.6 is 8.18 Å². The molecule has 0 bridgehead atoms. The zero-order valence-corrected chi connectivity index (χ0v) is 9.44. The summed E-state index contributed by atoms with van der Waals surface area (Å²) in [6.07, 6.45) is 0. The molecule has 4 N–H and O–H groups in total. The van der Waals surface area contributed by atoms with Gasteiger partial charge in [-0.05, 0) is 16.2 Å². The van der Waals surface area contributed by atoms with Gasteiger partial charge in [0.25, 0.3) is 0 Å². The van der Waals surface area contributed by atoms with E-state index >= 15 is 0 Å². The molecule has 1 unspecified atom stereocenters. The van der Waals surface area contributed by atoms with Crippen LogP contribution < -0.4 is 5.09 Å². The van der Waals surface area contributed by atoms with Crippen molar-refractivity contribution in [3.8, 4) is 0 Å². The van der Waals surface area contributed by atoms with Crippen molar-refractivity contribution in [1.82, 2.24) is 15.1 Å². The molecule has 0 fully saturated rings. The predicted octanol–water partition coefficient (Wildman–Crippen LogP) is 1.00. The molecule has 1 atom stereocenters. The molecule has 88 valence electrons. The number of carboxylic acids is 1. The zero-order valence-electron chi connectivity index (χ0n) is 8.54. The Balaban J connectivity index is 2.42. The molecule has 1 heterocycles. The Morgan fingerprint density at radius 3 is 2.94 bits per heavy atom. The molecule has 0 aliphatic rings. The summed E-state index contributed by atoms with van der Waals surface area (Å²) in [5.41, 5.74) is 1.72. The number of para-hydroxylation sites is 1. The highest BCUT2D eigenvalue weighted by Crippen LogP contribution is 2.18. The fourth-order valence-electron chi connectivity index (χ4n) is 1.49. The first kappa shape index (κ1) is 11.7. The third-order valence-electron chi connectivity index (χ3n) is 2.20. The van der Waals surface area contributed by atoms with Gasteiger partial charge in [-0.2, -0.15) is 0 Å². The number of benzene rings is 1. The molecule has 0 amide bonds. The average Bonchev–Trinajstić information content (AvgIpc) is 2.70. The highest BCUT2D eigenvalue weighted by Gasteiger charge is 2.14. The number of aromatic carboxylic acids is 1. The van der Waals surface area contributed by atoms with Crippen LogP contribution in [0.1, 0.15) is 16.2 Å². The van der Waals surface area contributed by atoms with Crippen LogP contribution in [0.5, 0.6) is 0 Å². The molecule has 0 aliphatic carbocycles. The molecule has 2 aromatic rings. The second kappa shape index (κ2) is 4.58. The monoisotopic (exact) mass is 254 g/mol. The first-order valence-corrected chi connectivity index (χ1v) is 5.89. The maximum atomic E-state index is 10.8. The van der Waals surface area contributed by atoms with Gasteiger partial charge < -0.3 is 10.1 Å². The van der Waals surface area contributed by atoms with E-state index in [1.165, 1.54) is 0 Å². The van der Waals surface area contributed by atoms with E-state index in [1.54, 1.807) is 18.2 Å². The quantitative estimate of drug-likeness (QED) is 0.605. The Kier molecular flexibility index (Phi) is 3.14. The molecule has 1 aromatic heterocycles. The highest BCUT2D eigenvalue weighted by atomic mass is 31.1. The minimum atomic E-state index is -2.44. The molecule has 8 heteroatoms. The van der Waals surface area contributed by atoms with Gasteiger partial charge in [0.15, 0.2) is 0 Å². The highest BCUT2D eigenvalue weighted by molar-refractivity contribution is 7.35. The van der Waals surface area contributed by atoms with Crippen LogP contribution in [0.3, 0.4) is 0 Å². The Hall–Kier alpha value is -1.82. The normalized spacial score (nSPS) is 11.7. The number of hydrogen-bond donors (Lipinski definition) is 4. The van der Waals surface area contributed by atoms with Gasteiger partial charge in [-0.1, -0.05) is 17.2 Å². The maximum Gasteiger partial charge on any atom is 0.610 e. The SMILES string of the molecule is O=C(O)c1nc2c(CN[P+](=O)O)cccc2[nH]1. The van der Waals surface area contributed by atoms with E-state index in [2.05, 4.69) is 15.1 Å². The van der Waals surface area contributed by atoms with Crippen molar-refractivity contribution in [2.45, 2.75) is 6.54 Å². The largest absolute Gasteiger partial charge is 0.610 e. The lowest BCUT2D eigenvalue weighted by Crippen LogP contribution is -2.03. The van der Waals surface area contributed by atoms with Crippen LogP contribution in [0.2, 0.25) is 0 Å². The summed E-state index contributed by atoms with van der Waals surface area (Å²) in [6.45, 7) is 0.146. The van der Waals surface area contributed by atoms with Crippen LogP contribution in [0.25, 0.3) is 11.0 Å². The van der Waals surface area contributed by atoms with Crippen LogP contribution in [-0.2, 0) is 11.1 Å². The molecule has 0 saturated heterocycles. The minimum absolute atomic E-state index is 0.146. The second-order valence-electron chi connectivity index (χ2n) is 3.31. The van der Waals surface area contributed by atoms with E-state index in [0.717, 1.165) is 0 Å². The molecule has 1 aromatic carbocycles. The average molecular weight is 254 g/mol. The summed E-state index contributed by atoms with van der Waals surface area (Å²) in [6, 6.07) is 5.12. The molecular formula is C9H9N3O4P+. The molecule has 0 aliphatic heterocycles. The Bertz CT molecular complexity index is 595. The van der Waals surface area contributed by atoms with Crippen LogP contribution in [0.4, 0.5) is 0 Å². The van der Waals surface area contributed by atoms with Crippen molar-refractivity contribution in [2.24, 2.45) is 0 Å². The Morgan fingerprint density at radius 2 is 2.29 bits per heavy atom. The van der Waals surface area contributed by atoms with E-state index in [1.807, 2.05) is 0 Å². The van der Waals surface area contributed by atoms with Crippen molar-refractivity contribution in [3.63, 3.8) is 0 Å². The maximum absolute atomic E-state index is 10.8. The summed E-state index contributed by atoms with van der Waals surface area (Å²) in [5, 5.41) is 11.2. The van der Waals surface area contributed by atoms with Crippen molar-refractivity contribution in [1.29, 1.82) is 0 Å². The number of imidazole rings is 1. The molecular weight excluding hydrogens is 245 g/mol. The van der Waals surface area contributed by atoms with Crippen LogP contribution in [0, 0.1) is 0 Å². The Morgan fingerprint density at radius 1 is 1.53 bits per heavy atom. The summed E-state index contributed by atoms with van der Waals surface area (Å²) in [7, 11) is -2.44. The van der Waals surface area contributed by atoms with Gasteiger partial charge in [-0.25, -0.2) is 9.78 Å². The van der Waals surface area contributed by atoms with E-state index in [9.17, 15) is 9.36 Å². The molecule has 0 saturated carbocycles. The molecule has 17 heavy (non-hydrogen) atoms. The number of fused-ring (bicyclic) bond motifs is 1. The van der Waals surface area contributed by atoms with Crippen molar-refractivity contribution >= 4 is 25.2 Å². The first-order chi connectivity index (χ1) is 8.08. The van der Waals surface area contributed by atoms with Gasteiger partial charge in [-0.3, -0.25) is 0 Å². The lowest BCUT2D eigenvalue weighted by molar-refractivity contribution is 0.0685. The molecule has 0 radical (unpaired) electrons. The molecule has 0 spiro atoms. The fourth-order valence-corrected chi connectivity index (χ4v) is 1.79. The van der Waals surface area contributed by atoms with Crippen molar-refractivity contribution in [3.05, 3.63) is 29.6 Å². The standard InChI is InChI=1S/C9H8N3O4P/c13-9(14)8-11-6-3-1-2-5(7(6)12-8)4-10-17(15)16/h1-3H,4H2,(H3-,10,11,12,13,14,15,16)/p+1. The van der Waals surface area contributed by atoms with E-state index in [4.69, 9.17) is 10.00 Å². The number of nitrogens with one attached hydrogen (secondary N) is 2. The third-order valence-corrected chi connectivity index (χ3v) is 2.63. The van der Waals surface area contributed by atoms with Crippen molar-refractivity contribution in [2.75, 3.05) is 0 Å². The zero-order chi connectivity index (χ0) is 12.4.